The third-order valence-electron chi connectivity index (χ3n) is 2.98. The van der Waals surface area contributed by atoms with E-state index in [0.29, 0.717) is 18.9 Å². The maximum atomic E-state index is 12.0. The fraction of sp³-hybridized carbons (Fsp3) is 0.538. The SMILES string of the molecule is FC(F)(F)CCNc1ccc(N2CCOCC2)cc1. The average Bonchev–Trinajstić information content (AvgIpc) is 2.39. The Balaban J connectivity index is 1.84. The molecule has 1 N–H and O–H groups in total. The number of hydrogen-bond donors (Lipinski definition) is 1. The topological polar surface area (TPSA) is 24.5 Å². The molecule has 3 nitrogen and oxygen atoms in total. The van der Waals surface area contributed by atoms with Gasteiger partial charge in [-0.15, -0.1) is 0 Å². The zero-order chi connectivity index (χ0) is 13.7. The van der Waals surface area contributed by atoms with Gasteiger partial charge < -0.3 is 15.0 Å². The molecule has 1 aliphatic rings. The number of nitrogens with one attached hydrogen (secondary N) is 1. The Labute approximate surface area is 110 Å². The number of halogens is 3. The first-order valence-electron chi connectivity index (χ1n) is 6.28. The highest BCUT2D eigenvalue weighted by atomic mass is 19.4. The average molecular weight is 274 g/mol. The summed E-state index contributed by atoms with van der Waals surface area (Å²) in [6, 6.07) is 7.45. The van der Waals surface area contributed by atoms with Gasteiger partial charge in [0, 0.05) is 31.0 Å². The van der Waals surface area contributed by atoms with Gasteiger partial charge in [0.15, 0.2) is 0 Å². The summed E-state index contributed by atoms with van der Waals surface area (Å²) in [7, 11) is 0. The van der Waals surface area contributed by atoms with Crippen molar-refractivity contribution in [2.24, 2.45) is 0 Å². The summed E-state index contributed by atoms with van der Waals surface area (Å²) >= 11 is 0. The second-order valence-corrected chi connectivity index (χ2v) is 4.44. The molecule has 1 aliphatic heterocycles. The van der Waals surface area contributed by atoms with Gasteiger partial charge in [-0.2, -0.15) is 13.2 Å². The lowest BCUT2D eigenvalue weighted by Gasteiger charge is -2.28. The summed E-state index contributed by atoms with van der Waals surface area (Å²) in [4.78, 5) is 2.20. The van der Waals surface area contributed by atoms with Crippen molar-refractivity contribution in [3.63, 3.8) is 0 Å². The van der Waals surface area contributed by atoms with Gasteiger partial charge in [0.05, 0.1) is 19.6 Å². The van der Waals surface area contributed by atoms with E-state index in [-0.39, 0.29) is 6.54 Å². The lowest BCUT2D eigenvalue weighted by atomic mass is 10.2. The highest BCUT2D eigenvalue weighted by Gasteiger charge is 2.26. The van der Waals surface area contributed by atoms with Crippen LogP contribution in [0.2, 0.25) is 0 Å². The minimum absolute atomic E-state index is 0.0968. The molecule has 0 saturated carbocycles. The Morgan fingerprint density at radius 3 is 2.32 bits per heavy atom. The summed E-state index contributed by atoms with van der Waals surface area (Å²) < 4.78 is 41.3. The summed E-state index contributed by atoms with van der Waals surface area (Å²) in [6.45, 7) is 3.03. The van der Waals surface area contributed by atoms with Crippen LogP contribution in [0.3, 0.4) is 0 Å². The van der Waals surface area contributed by atoms with E-state index in [0.717, 1.165) is 18.8 Å². The number of alkyl halides is 3. The van der Waals surface area contributed by atoms with E-state index < -0.39 is 12.6 Å². The van der Waals surface area contributed by atoms with Crippen LogP contribution in [0, 0.1) is 0 Å². The Kier molecular flexibility index (Phi) is 4.52. The lowest BCUT2D eigenvalue weighted by molar-refractivity contribution is -0.131. The molecule has 1 heterocycles. The second-order valence-electron chi connectivity index (χ2n) is 4.44. The maximum absolute atomic E-state index is 12.0. The monoisotopic (exact) mass is 274 g/mol. The summed E-state index contributed by atoms with van der Waals surface area (Å²) in [5.74, 6) is 0. The van der Waals surface area contributed by atoms with Crippen molar-refractivity contribution >= 4 is 11.4 Å². The van der Waals surface area contributed by atoms with Crippen LogP contribution in [-0.4, -0.2) is 39.0 Å². The van der Waals surface area contributed by atoms with E-state index in [2.05, 4.69) is 10.2 Å². The zero-order valence-electron chi connectivity index (χ0n) is 10.5. The Morgan fingerprint density at radius 2 is 1.74 bits per heavy atom. The molecular formula is C13H17F3N2O. The van der Waals surface area contributed by atoms with Crippen LogP contribution in [0.15, 0.2) is 24.3 Å². The maximum Gasteiger partial charge on any atom is 0.390 e. The number of nitrogens with zero attached hydrogens (tertiary/aromatic N) is 1. The zero-order valence-corrected chi connectivity index (χ0v) is 10.5. The molecule has 0 bridgehead atoms. The molecule has 1 saturated heterocycles. The first-order valence-corrected chi connectivity index (χ1v) is 6.28. The van der Waals surface area contributed by atoms with Gasteiger partial charge in [0.25, 0.3) is 0 Å². The molecule has 1 aromatic rings. The Bertz CT molecular complexity index is 386. The van der Waals surface area contributed by atoms with Crippen molar-refractivity contribution in [3.05, 3.63) is 24.3 Å². The first-order chi connectivity index (χ1) is 9.04. The van der Waals surface area contributed by atoms with Crippen LogP contribution >= 0.6 is 0 Å². The molecule has 0 aromatic heterocycles. The van der Waals surface area contributed by atoms with E-state index in [1.54, 1.807) is 12.1 Å². The molecule has 19 heavy (non-hydrogen) atoms. The Morgan fingerprint density at radius 1 is 1.11 bits per heavy atom. The molecule has 0 spiro atoms. The van der Waals surface area contributed by atoms with Gasteiger partial charge in [-0.1, -0.05) is 0 Å². The summed E-state index contributed by atoms with van der Waals surface area (Å²) in [5, 5.41) is 2.77. The minimum Gasteiger partial charge on any atom is -0.385 e. The number of anilines is 2. The fourth-order valence-electron chi connectivity index (χ4n) is 1.96. The molecule has 1 fully saturated rings. The minimum atomic E-state index is -4.11. The Hall–Kier alpha value is -1.43. The quantitative estimate of drug-likeness (QED) is 0.913. The smallest absolute Gasteiger partial charge is 0.385 e. The van der Waals surface area contributed by atoms with E-state index >= 15 is 0 Å². The predicted molar refractivity (Wildman–Crippen MR) is 68.6 cm³/mol. The second kappa shape index (κ2) is 6.14. The lowest BCUT2D eigenvalue weighted by Crippen LogP contribution is -2.36. The standard InChI is InChI=1S/C13H17F3N2O/c14-13(15,16)5-6-17-11-1-3-12(4-2-11)18-7-9-19-10-8-18/h1-4,17H,5-10H2. The molecule has 0 radical (unpaired) electrons. The van der Waals surface area contributed by atoms with Gasteiger partial charge in [-0.3, -0.25) is 0 Å². The van der Waals surface area contributed by atoms with Crippen molar-refractivity contribution in [2.75, 3.05) is 43.1 Å². The van der Waals surface area contributed by atoms with Crippen molar-refractivity contribution in [1.29, 1.82) is 0 Å². The van der Waals surface area contributed by atoms with Crippen molar-refractivity contribution in [3.8, 4) is 0 Å². The molecule has 0 aliphatic carbocycles. The molecule has 0 unspecified atom stereocenters. The van der Waals surface area contributed by atoms with Crippen LogP contribution in [0.1, 0.15) is 6.42 Å². The van der Waals surface area contributed by atoms with E-state index in [4.69, 9.17) is 4.74 Å². The van der Waals surface area contributed by atoms with Crippen LogP contribution in [0.4, 0.5) is 24.5 Å². The molecule has 6 heteroatoms. The third-order valence-corrected chi connectivity index (χ3v) is 2.98. The van der Waals surface area contributed by atoms with Gasteiger partial charge in [-0.25, -0.2) is 0 Å². The molecule has 2 rings (SSSR count). The van der Waals surface area contributed by atoms with Gasteiger partial charge in [0.2, 0.25) is 0 Å². The largest absolute Gasteiger partial charge is 0.390 e. The predicted octanol–water partition coefficient (Wildman–Crippen LogP) is 2.89. The van der Waals surface area contributed by atoms with Gasteiger partial charge >= 0.3 is 6.18 Å². The highest BCUT2D eigenvalue weighted by Crippen LogP contribution is 2.21. The number of rotatable bonds is 4. The summed E-state index contributed by atoms with van der Waals surface area (Å²) in [5.41, 5.74) is 1.78. The number of hydrogen-bond acceptors (Lipinski definition) is 3. The van der Waals surface area contributed by atoms with Crippen LogP contribution in [0.25, 0.3) is 0 Å². The summed E-state index contributed by atoms with van der Waals surface area (Å²) in [6.07, 6.45) is -4.93. The number of benzene rings is 1. The molecule has 1 aromatic carbocycles. The van der Waals surface area contributed by atoms with E-state index in [9.17, 15) is 13.2 Å². The fourth-order valence-corrected chi connectivity index (χ4v) is 1.96. The third kappa shape index (κ3) is 4.63. The highest BCUT2D eigenvalue weighted by molar-refractivity contribution is 5.55. The van der Waals surface area contributed by atoms with Crippen molar-refractivity contribution < 1.29 is 17.9 Å². The normalized spacial score (nSPS) is 16.5. The molecule has 0 amide bonds. The van der Waals surface area contributed by atoms with Crippen molar-refractivity contribution in [2.45, 2.75) is 12.6 Å². The first kappa shape index (κ1) is 14.0. The van der Waals surface area contributed by atoms with Gasteiger partial charge in [0.1, 0.15) is 0 Å². The molecule has 106 valence electrons. The van der Waals surface area contributed by atoms with E-state index in [1.165, 1.54) is 0 Å². The van der Waals surface area contributed by atoms with Crippen molar-refractivity contribution in [1.82, 2.24) is 0 Å². The molecule has 0 atom stereocenters. The van der Waals surface area contributed by atoms with E-state index in [1.807, 2.05) is 12.1 Å². The number of morpholine rings is 1. The van der Waals surface area contributed by atoms with Crippen LogP contribution in [0.5, 0.6) is 0 Å². The molecular weight excluding hydrogens is 257 g/mol. The van der Waals surface area contributed by atoms with Crippen LogP contribution in [-0.2, 0) is 4.74 Å². The van der Waals surface area contributed by atoms with Crippen LogP contribution < -0.4 is 10.2 Å². The van der Waals surface area contributed by atoms with Gasteiger partial charge in [-0.05, 0) is 24.3 Å². The number of ether oxygens (including phenoxy) is 1.